The highest BCUT2D eigenvalue weighted by atomic mass is 35.5. The minimum absolute atomic E-state index is 0.566. The molecule has 3 aromatic heterocycles. The van der Waals surface area contributed by atoms with Crippen molar-refractivity contribution in [1.29, 1.82) is 0 Å². The number of hydrogen-bond donors (Lipinski definition) is 1. The summed E-state index contributed by atoms with van der Waals surface area (Å²) in [5.74, 6) is 0.721. The molecule has 0 fully saturated rings. The van der Waals surface area contributed by atoms with Gasteiger partial charge in [-0.1, -0.05) is 41.9 Å². The summed E-state index contributed by atoms with van der Waals surface area (Å²) in [7, 11) is 0. The third-order valence-corrected chi connectivity index (χ3v) is 5.94. The van der Waals surface area contributed by atoms with Crippen molar-refractivity contribution < 1.29 is 0 Å². The van der Waals surface area contributed by atoms with Crippen LogP contribution in [-0.2, 0) is 6.54 Å². The van der Waals surface area contributed by atoms with Gasteiger partial charge in [0.25, 0.3) is 0 Å². The molecule has 0 saturated carbocycles. The Morgan fingerprint density at radius 2 is 2.00 bits per heavy atom. The first-order valence-corrected chi connectivity index (χ1v) is 10.6. The van der Waals surface area contributed by atoms with Crippen LogP contribution in [0.2, 0.25) is 5.02 Å². The van der Waals surface area contributed by atoms with Crippen LogP contribution in [0.3, 0.4) is 0 Å². The maximum atomic E-state index is 6.13. The lowest BCUT2D eigenvalue weighted by molar-refractivity contribution is 0.895. The first-order chi connectivity index (χ1) is 14.7. The predicted molar refractivity (Wildman–Crippen MR) is 121 cm³/mol. The zero-order chi connectivity index (χ0) is 20.5. The summed E-state index contributed by atoms with van der Waals surface area (Å²) in [5, 5.41) is 12.4. The van der Waals surface area contributed by atoms with E-state index in [4.69, 9.17) is 16.6 Å². The fourth-order valence-corrected chi connectivity index (χ4v) is 4.37. The van der Waals surface area contributed by atoms with Gasteiger partial charge in [-0.3, -0.25) is 0 Å². The first-order valence-electron chi connectivity index (χ1n) is 9.38. The van der Waals surface area contributed by atoms with Crippen LogP contribution in [0.4, 0.5) is 5.82 Å². The number of thiazole rings is 1. The number of anilines is 1. The van der Waals surface area contributed by atoms with Crippen LogP contribution in [0.1, 0.15) is 11.3 Å². The zero-order valence-corrected chi connectivity index (χ0v) is 17.7. The zero-order valence-electron chi connectivity index (χ0n) is 16.1. The number of halogens is 1. The van der Waals surface area contributed by atoms with Gasteiger partial charge in [0.05, 0.1) is 29.5 Å². The Kier molecular flexibility index (Phi) is 4.90. The van der Waals surface area contributed by atoms with Crippen LogP contribution >= 0.6 is 22.9 Å². The Balaban J connectivity index is 1.40. The van der Waals surface area contributed by atoms with Crippen LogP contribution < -0.4 is 5.32 Å². The Bertz CT molecular complexity index is 1340. The summed E-state index contributed by atoms with van der Waals surface area (Å²) >= 11 is 7.77. The molecule has 30 heavy (non-hydrogen) atoms. The number of rotatable bonds is 5. The number of nitrogens with one attached hydrogen (secondary N) is 1. The predicted octanol–water partition coefficient (Wildman–Crippen LogP) is 5.51. The number of hydrogen-bond acceptors (Lipinski definition) is 6. The second-order valence-corrected chi connectivity index (χ2v) is 8.10. The highest BCUT2D eigenvalue weighted by Gasteiger charge is 2.12. The summed E-state index contributed by atoms with van der Waals surface area (Å²) in [6.45, 7) is 2.67. The standard InChI is InChI=1S/C22H17ClN6S/c1-14-5-2-3-8-18(14)22-28-16(12-30-22)10-24-20-19-11-27-29(21(19)26-13-25-20)17-7-4-6-15(23)9-17/h2-9,11-13H,10H2,1H3,(H,24,25,26). The molecule has 0 atom stereocenters. The fraction of sp³-hybridized carbons (Fsp3) is 0.0909. The Labute approximate surface area is 182 Å². The van der Waals surface area contributed by atoms with Crippen molar-refractivity contribution in [2.75, 3.05) is 5.32 Å². The minimum Gasteiger partial charge on any atom is -0.364 e. The lowest BCUT2D eigenvalue weighted by Gasteiger charge is -2.06. The normalized spacial score (nSPS) is 11.1. The summed E-state index contributed by atoms with van der Waals surface area (Å²) in [4.78, 5) is 13.6. The molecule has 6 nitrogen and oxygen atoms in total. The van der Waals surface area contributed by atoms with Gasteiger partial charge in [0.2, 0.25) is 0 Å². The van der Waals surface area contributed by atoms with E-state index in [0.717, 1.165) is 27.6 Å². The van der Waals surface area contributed by atoms with E-state index < -0.39 is 0 Å². The fourth-order valence-electron chi connectivity index (χ4n) is 3.28. The number of fused-ring (bicyclic) bond motifs is 1. The molecule has 0 amide bonds. The van der Waals surface area contributed by atoms with Gasteiger partial charge in [0, 0.05) is 16.0 Å². The van der Waals surface area contributed by atoms with Gasteiger partial charge in [0.1, 0.15) is 17.2 Å². The minimum atomic E-state index is 0.566. The molecule has 0 saturated heterocycles. The molecule has 0 aliphatic rings. The topological polar surface area (TPSA) is 68.5 Å². The largest absolute Gasteiger partial charge is 0.364 e. The molecule has 2 aromatic carbocycles. The van der Waals surface area contributed by atoms with Gasteiger partial charge in [-0.15, -0.1) is 11.3 Å². The highest BCUT2D eigenvalue weighted by molar-refractivity contribution is 7.13. The third kappa shape index (κ3) is 3.53. The molecule has 5 aromatic rings. The van der Waals surface area contributed by atoms with Crippen molar-refractivity contribution >= 4 is 39.8 Å². The lowest BCUT2D eigenvalue weighted by Crippen LogP contribution is -2.03. The van der Waals surface area contributed by atoms with Crippen LogP contribution in [0, 0.1) is 6.92 Å². The molecule has 8 heteroatoms. The summed E-state index contributed by atoms with van der Waals surface area (Å²) in [5.41, 5.74) is 4.92. The highest BCUT2D eigenvalue weighted by Crippen LogP contribution is 2.27. The smallest absolute Gasteiger partial charge is 0.168 e. The Hall–Kier alpha value is -3.29. The van der Waals surface area contributed by atoms with Gasteiger partial charge < -0.3 is 5.32 Å². The van der Waals surface area contributed by atoms with E-state index in [2.05, 4.69) is 44.8 Å². The van der Waals surface area contributed by atoms with E-state index in [1.165, 1.54) is 17.5 Å². The quantitative estimate of drug-likeness (QED) is 0.396. The van der Waals surface area contributed by atoms with E-state index in [1.54, 1.807) is 22.2 Å². The van der Waals surface area contributed by atoms with Gasteiger partial charge in [-0.25, -0.2) is 19.6 Å². The van der Waals surface area contributed by atoms with E-state index in [-0.39, 0.29) is 0 Å². The van der Waals surface area contributed by atoms with E-state index >= 15 is 0 Å². The number of benzene rings is 2. The van der Waals surface area contributed by atoms with Crippen LogP contribution in [0.5, 0.6) is 0 Å². The van der Waals surface area contributed by atoms with Crippen molar-refractivity contribution in [2.45, 2.75) is 13.5 Å². The molecule has 0 unspecified atom stereocenters. The molecule has 5 rings (SSSR count). The molecule has 3 heterocycles. The van der Waals surface area contributed by atoms with Crippen molar-refractivity contribution in [3.05, 3.63) is 82.7 Å². The molecule has 0 aliphatic heterocycles. The van der Waals surface area contributed by atoms with Gasteiger partial charge in [0.15, 0.2) is 5.65 Å². The molecule has 1 N–H and O–H groups in total. The van der Waals surface area contributed by atoms with Gasteiger partial charge >= 0.3 is 0 Å². The molecular formula is C22H17ClN6S. The Morgan fingerprint density at radius 3 is 2.87 bits per heavy atom. The SMILES string of the molecule is Cc1ccccc1-c1nc(CNc2ncnc3c2cnn3-c2cccc(Cl)c2)cs1. The van der Waals surface area contributed by atoms with E-state index in [9.17, 15) is 0 Å². The van der Waals surface area contributed by atoms with E-state index in [1.807, 2.05) is 36.4 Å². The van der Waals surface area contributed by atoms with Crippen molar-refractivity contribution in [1.82, 2.24) is 24.7 Å². The second kappa shape index (κ2) is 7.85. The van der Waals surface area contributed by atoms with Crippen molar-refractivity contribution in [3.63, 3.8) is 0 Å². The maximum Gasteiger partial charge on any atom is 0.168 e. The summed E-state index contributed by atoms with van der Waals surface area (Å²) in [6.07, 6.45) is 3.30. The average molecular weight is 433 g/mol. The van der Waals surface area contributed by atoms with Crippen LogP contribution in [-0.4, -0.2) is 24.7 Å². The molecule has 0 spiro atoms. The molecule has 148 valence electrons. The van der Waals surface area contributed by atoms with Gasteiger partial charge in [-0.05, 0) is 30.7 Å². The molecule has 0 bridgehead atoms. The number of nitrogens with zero attached hydrogens (tertiary/aromatic N) is 5. The summed E-state index contributed by atoms with van der Waals surface area (Å²) in [6, 6.07) is 15.8. The molecule has 0 radical (unpaired) electrons. The maximum absolute atomic E-state index is 6.13. The summed E-state index contributed by atoms with van der Waals surface area (Å²) < 4.78 is 1.76. The van der Waals surface area contributed by atoms with Crippen molar-refractivity contribution in [3.8, 4) is 16.3 Å². The monoisotopic (exact) mass is 432 g/mol. The van der Waals surface area contributed by atoms with Crippen LogP contribution in [0.15, 0.2) is 66.4 Å². The molecular weight excluding hydrogens is 416 g/mol. The van der Waals surface area contributed by atoms with Gasteiger partial charge in [-0.2, -0.15) is 5.10 Å². The third-order valence-electron chi connectivity index (χ3n) is 4.78. The lowest BCUT2D eigenvalue weighted by atomic mass is 10.1. The first kappa shape index (κ1) is 18.7. The molecule has 0 aliphatic carbocycles. The average Bonchev–Trinajstić information content (AvgIpc) is 3.40. The number of aromatic nitrogens is 5. The Morgan fingerprint density at radius 1 is 1.10 bits per heavy atom. The second-order valence-electron chi connectivity index (χ2n) is 6.81. The van der Waals surface area contributed by atoms with Crippen molar-refractivity contribution in [2.24, 2.45) is 0 Å². The van der Waals surface area contributed by atoms with Crippen LogP contribution in [0.25, 0.3) is 27.3 Å². The number of aryl methyl sites for hydroxylation is 1. The van der Waals surface area contributed by atoms with E-state index in [0.29, 0.717) is 17.2 Å².